The molecule has 0 aliphatic carbocycles. The predicted octanol–water partition coefficient (Wildman–Crippen LogP) is 11.5. The Morgan fingerprint density at radius 1 is 0.413 bits per heavy atom. The zero-order valence-corrected chi connectivity index (χ0v) is 31.2. The lowest BCUT2D eigenvalue weighted by Gasteiger charge is -2.26. The monoisotopic (exact) mass is 654 g/mol. The third-order valence-corrected chi connectivity index (χ3v) is 10.1. The standard InChI is InChI=1S/C41H83NO4/c1-3-5-7-9-11-13-15-17-18-19-20-21-22-24-26-28-30-32-34-36-38(44)40(45)39(41(42)46)37(43)35-33-31-29-27-25-23-16-14-12-10-8-6-4-2/h37-39,41,43-44,46H,3-36,42H2,1-2H3. The van der Waals surface area contributed by atoms with Gasteiger partial charge in [-0.2, -0.15) is 0 Å². The highest BCUT2D eigenvalue weighted by atomic mass is 16.3. The van der Waals surface area contributed by atoms with Crippen molar-refractivity contribution < 1.29 is 20.1 Å². The zero-order chi connectivity index (χ0) is 33.9. The first-order valence-corrected chi connectivity index (χ1v) is 20.8. The quantitative estimate of drug-likeness (QED) is 0.0392. The molecule has 0 amide bonds. The first-order valence-electron chi connectivity index (χ1n) is 20.8. The van der Waals surface area contributed by atoms with Crippen molar-refractivity contribution in [2.75, 3.05) is 0 Å². The fourth-order valence-electron chi connectivity index (χ4n) is 6.92. The van der Waals surface area contributed by atoms with E-state index in [-0.39, 0.29) is 0 Å². The molecule has 0 saturated heterocycles. The smallest absolute Gasteiger partial charge is 0.170 e. The number of nitrogens with two attached hydrogens (primary N) is 1. The van der Waals surface area contributed by atoms with Gasteiger partial charge in [-0.1, -0.05) is 219 Å². The highest BCUT2D eigenvalue weighted by molar-refractivity contribution is 5.86. The van der Waals surface area contributed by atoms with Crippen LogP contribution >= 0.6 is 0 Å². The number of aliphatic hydroxyl groups is 3. The van der Waals surface area contributed by atoms with Crippen molar-refractivity contribution in [2.24, 2.45) is 11.7 Å². The lowest BCUT2D eigenvalue weighted by molar-refractivity contribution is -0.140. The van der Waals surface area contributed by atoms with Crippen LogP contribution in [0.25, 0.3) is 0 Å². The number of ketones is 1. The summed E-state index contributed by atoms with van der Waals surface area (Å²) >= 11 is 0. The maximum Gasteiger partial charge on any atom is 0.170 e. The van der Waals surface area contributed by atoms with E-state index in [9.17, 15) is 20.1 Å². The van der Waals surface area contributed by atoms with E-state index in [0.29, 0.717) is 12.8 Å². The molecule has 0 radical (unpaired) electrons. The molecular formula is C41H83NO4. The summed E-state index contributed by atoms with van der Waals surface area (Å²) in [4.78, 5) is 12.8. The average Bonchev–Trinajstić information content (AvgIpc) is 3.04. The summed E-state index contributed by atoms with van der Waals surface area (Å²) in [5, 5.41) is 31.2. The van der Waals surface area contributed by atoms with Crippen LogP contribution < -0.4 is 5.73 Å². The van der Waals surface area contributed by atoms with Crippen LogP contribution in [0.15, 0.2) is 0 Å². The summed E-state index contributed by atoms with van der Waals surface area (Å²) < 4.78 is 0. The van der Waals surface area contributed by atoms with Gasteiger partial charge in [-0.15, -0.1) is 0 Å². The molecule has 0 aromatic carbocycles. The van der Waals surface area contributed by atoms with Crippen LogP contribution in [0.5, 0.6) is 0 Å². The van der Waals surface area contributed by atoms with E-state index in [1.54, 1.807) is 0 Å². The number of hydrogen-bond acceptors (Lipinski definition) is 5. The van der Waals surface area contributed by atoms with Gasteiger partial charge in [-0.25, -0.2) is 0 Å². The zero-order valence-electron chi connectivity index (χ0n) is 31.2. The molecule has 5 N–H and O–H groups in total. The lowest BCUT2D eigenvalue weighted by Crippen LogP contribution is -2.47. The highest BCUT2D eigenvalue weighted by Gasteiger charge is 2.34. The molecule has 46 heavy (non-hydrogen) atoms. The first kappa shape index (κ1) is 45.5. The fraction of sp³-hybridized carbons (Fsp3) is 0.976. The summed E-state index contributed by atoms with van der Waals surface area (Å²) in [6.07, 6.45) is 38.4. The minimum absolute atomic E-state index is 0.381. The molecule has 0 aliphatic heterocycles. The SMILES string of the molecule is CCCCCCCCCCCCCCCCCCCCCC(O)C(=O)C(C(N)O)C(O)CCCCCCCCCCCCCCC. The summed E-state index contributed by atoms with van der Waals surface area (Å²) in [5.41, 5.74) is 5.69. The van der Waals surface area contributed by atoms with Crippen LogP contribution in [0.1, 0.15) is 232 Å². The fourth-order valence-corrected chi connectivity index (χ4v) is 6.92. The van der Waals surface area contributed by atoms with E-state index < -0.39 is 30.1 Å². The molecule has 0 heterocycles. The third-order valence-electron chi connectivity index (χ3n) is 10.1. The molecule has 0 rings (SSSR count). The van der Waals surface area contributed by atoms with Crippen molar-refractivity contribution in [3.8, 4) is 0 Å². The molecule has 276 valence electrons. The van der Waals surface area contributed by atoms with Crippen LogP contribution in [-0.4, -0.2) is 39.5 Å². The van der Waals surface area contributed by atoms with Gasteiger partial charge in [0.2, 0.25) is 0 Å². The van der Waals surface area contributed by atoms with Gasteiger partial charge in [-0.05, 0) is 12.8 Å². The highest BCUT2D eigenvalue weighted by Crippen LogP contribution is 2.21. The maximum atomic E-state index is 12.8. The van der Waals surface area contributed by atoms with Crippen molar-refractivity contribution >= 4 is 5.78 Å². The van der Waals surface area contributed by atoms with Crippen molar-refractivity contribution in [3.05, 3.63) is 0 Å². The summed E-state index contributed by atoms with van der Waals surface area (Å²) in [6, 6.07) is 0. The van der Waals surface area contributed by atoms with Gasteiger partial charge >= 0.3 is 0 Å². The first-order chi connectivity index (χ1) is 22.5. The van der Waals surface area contributed by atoms with Crippen LogP contribution in [0.4, 0.5) is 0 Å². The van der Waals surface area contributed by atoms with Gasteiger partial charge in [0.1, 0.15) is 12.3 Å². The Balaban J connectivity index is 3.72. The van der Waals surface area contributed by atoms with E-state index in [2.05, 4.69) is 13.8 Å². The molecule has 0 aromatic heterocycles. The van der Waals surface area contributed by atoms with Crippen LogP contribution in [0.3, 0.4) is 0 Å². The largest absolute Gasteiger partial charge is 0.392 e. The molecule has 5 heteroatoms. The van der Waals surface area contributed by atoms with Crippen molar-refractivity contribution in [1.82, 2.24) is 0 Å². The van der Waals surface area contributed by atoms with Gasteiger partial charge in [0.15, 0.2) is 5.78 Å². The second-order valence-corrected chi connectivity index (χ2v) is 14.7. The Morgan fingerprint density at radius 2 is 0.652 bits per heavy atom. The molecule has 4 unspecified atom stereocenters. The van der Waals surface area contributed by atoms with Crippen LogP contribution in [0, 0.1) is 5.92 Å². The Kier molecular flexibility index (Phi) is 35.4. The van der Waals surface area contributed by atoms with E-state index in [0.717, 1.165) is 38.5 Å². The number of carbonyl (C=O) groups excluding carboxylic acids is 1. The number of rotatable bonds is 38. The van der Waals surface area contributed by atoms with Gasteiger partial charge in [0.05, 0.1) is 12.0 Å². The van der Waals surface area contributed by atoms with Crippen LogP contribution in [-0.2, 0) is 4.79 Å². The number of hydrogen-bond donors (Lipinski definition) is 4. The number of unbranched alkanes of at least 4 members (excludes halogenated alkanes) is 30. The number of Topliss-reactive ketones (excluding diaryl/α,β-unsaturated/α-hetero) is 1. The summed E-state index contributed by atoms with van der Waals surface area (Å²) in [6.45, 7) is 4.54. The number of carbonyl (C=O) groups is 1. The molecular weight excluding hydrogens is 570 g/mol. The van der Waals surface area contributed by atoms with Crippen molar-refractivity contribution in [3.63, 3.8) is 0 Å². The van der Waals surface area contributed by atoms with E-state index in [1.807, 2.05) is 0 Å². The minimum Gasteiger partial charge on any atom is -0.392 e. The summed E-state index contributed by atoms with van der Waals surface area (Å²) in [7, 11) is 0. The minimum atomic E-state index is -1.44. The topological polar surface area (TPSA) is 104 Å². The number of aliphatic hydroxyl groups excluding tert-OH is 3. The molecule has 0 aromatic rings. The predicted molar refractivity (Wildman–Crippen MR) is 199 cm³/mol. The third kappa shape index (κ3) is 29.6. The van der Waals surface area contributed by atoms with E-state index in [1.165, 1.54) is 167 Å². The van der Waals surface area contributed by atoms with E-state index in [4.69, 9.17) is 5.73 Å². The molecule has 0 saturated carbocycles. The second kappa shape index (κ2) is 35.8. The normalized spacial score (nSPS) is 14.4. The Bertz CT molecular complexity index is 613. The lowest BCUT2D eigenvalue weighted by atomic mass is 9.87. The molecule has 0 bridgehead atoms. The molecule has 0 spiro atoms. The Morgan fingerprint density at radius 3 is 0.913 bits per heavy atom. The average molecular weight is 654 g/mol. The van der Waals surface area contributed by atoms with Crippen molar-refractivity contribution in [2.45, 2.75) is 251 Å². The van der Waals surface area contributed by atoms with E-state index >= 15 is 0 Å². The van der Waals surface area contributed by atoms with Gasteiger partial charge in [0, 0.05) is 0 Å². The Labute approximate surface area is 287 Å². The Hall–Kier alpha value is -0.490. The molecule has 0 aliphatic rings. The summed E-state index contributed by atoms with van der Waals surface area (Å²) in [5.74, 6) is -1.60. The van der Waals surface area contributed by atoms with Crippen molar-refractivity contribution in [1.29, 1.82) is 0 Å². The maximum absolute atomic E-state index is 12.8. The van der Waals surface area contributed by atoms with Gasteiger partial charge < -0.3 is 21.1 Å². The molecule has 5 nitrogen and oxygen atoms in total. The van der Waals surface area contributed by atoms with Crippen LogP contribution in [0.2, 0.25) is 0 Å². The van der Waals surface area contributed by atoms with Gasteiger partial charge in [-0.3, -0.25) is 4.79 Å². The van der Waals surface area contributed by atoms with Gasteiger partial charge in [0.25, 0.3) is 0 Å². The molecule has 4 atom stereocenters. The second-order valence-electron chi connectivity index (χ2n) is 14.7. The molecule has 0 fully saturated rings.